The smallest absolute Gasteiger partial charge is 0.262 e. The van der Waals surface area contributed by atoms with E-state index in [1.165, 1.54) is 10.4 Å². The molecule has 4 nitrogen and oxygen atoms in total. The molecule has 0 aliphatic carbocycles. The molecule has 0 spiro atoms. The van der Waals surface area contributed by atoms with Crippen LogP contribution in [0.25, 0.3) is 0 Å². The number of nitrogens with zero attached hydrogens (tertiary/aromatic N) is 2. The van der Waals surface area contributed by atoms with Crippen molar-refractivity contribution in [2.45, 2.75) is 59.1 Å². The van der Waals surface area contributed by atoms with Crippen LogP contribution < -0.4 is 15.3 Å². The van der Waals surface area contributed by atoms with Crippen molar-refractivity contribution in [1.29, 1.82) is 0 Å². The van der Waals surface area contributed by atoms with Crippen molar-refractivity contribution >= 4 is 30.4 Å². The lowest BCUT2D eigenvalue weighted by molar-refractivity contribution is -0.125. The maximum atomic E-state index is 13.9. The van der Waals surface area contributed by atoms with E-state index in [-0.39, 0.29) is 16.4 Å². The van der Waals surface area contributed by atoms with Gasteiger partial charge in [-0.3, -0.25) is 9.69 Å². The molecule has 3 aromatic rings. The maximum Gasteiger partial charge on any atom is 0.262 e. The first kappa shape index (κ1) is 24.4. The first-order chi connectivity index (χ1) is 16.1. The van der Waals surface area contributed by atoms with E-state index in [9.17, 15) is 4.79 Å². The summed E-state index contributed by atoms with van der Waals surface area (Å²) in [5.74, 6) is 0.693. The minimum absolute atomic E-state index is 0.00487. The van der Waals surface area contributed by atoms with Gasteiger partial charge in [0.15, 0.2) is 0 Å². The lowest BCUT2D eigenvalue weighted by Gasteiger charge is -2.45. The highest BCUT2D eigenvalue weighted by Crippen LogP contribution is 2.43. The van der Waals surface area contributed by atoms with Gasteiger partial charge in [-0.2, -0.15) is 0 Å². The number of aryl methyl sites for hydroxylation is 1. The number of amides is 1. The van der Waals surface area contributed by atoms with E-state index in [1.54, 1.807) is 0 Å². The van der Waals surface area contributed by atoms with Gasteiger partial charge < -0.3 is 4.43 Å². The van der Waals surface area contributed by atoms with Crippen molar-refractivity contribution in [2.24, 2.45) is 5.41 Å². The van der Waals surface area contributed by atoms with E-state index in [1.807, 2.05) is 29.3 Å². The summed E-state index contributed by atoms with van der Waals surface area (Å²) in [5, 5.41) is 2.17. The molecule has 0 bridgehead atoms. The monoisotopic (exact) mass is 472 g/mol. The van der Waals surface area contributed by atoms with Crippen LogP contribution in [0.15, 0.2) is 79.0 Å². The second-order valence-corrected chi connectivity index (χ2v) is 15.2. The average molecular weight is 473 g/mol. The summed E-state index contributed by atoms with van der Waals surface area (Å²) in [6.07, 6.45) is 2.23. The van der Waals surface area contributed by atoms with Crippen LogP contribution in [0.5, 0.6) is 0 Å². The normalized spacial score (nSPS) is 18.4. The lowest BCUT2D eigenvalue weighted by Crippen LogP contribution is -2.69. The number of hydrogen-bond acceptors (Lipinski definition) is 3. The second kappa shape index (κ2) is 9.12. The van der Waals surface area contributed by atoms with Crippen LogP contribution in [-0.4, -0.2) is 31.9 Å². The Morgan fingerprint density at radius 2 is 1.53 bits per heavy atom. The number of aromatic nitrogens is 1. The zero-order valence-electron chi connectivity index (χ0n) is 21.2. The first-order valence-corrected chi connectivity index (χ1v) is 14.1. The molecule has 2 aromatic carbocycles. The van der Waals surface area contributed by atoms with E-state index in [0.717, 1.165) is 12.0 Å². The van der Waals surface area contributed by atoms with Crippen molar-refractivity contribution in [2.75, 3.05) is 11.4 Å². The zero-order valence-corrected chi connectivity index (χ0v) is 22.2. The molecule has 0 saturated carbocycles. The Morgan fingerprint density at radius 3 is 1.97 bits per heavy atom. The number of benzene rings is 2. The molecule has 5 heteroatoms. The molecule has 0 radical (unpaired) electrons. The van der Waals surface area contributed by atoms with Crippen LogP contribution in [0.2, 0.25) is 5.04 Å². The molecule has 0 N–H and O–H groups in total. The van der Waals surface area contributed by atoms with Crippen LogP contribution in [0.3, 0.4) is 0 Å². The molecule has 1 aromatic heterocycles. The number of carbonyl (C=O) groups excluding carboxylic acids is 1. The molecule has 34 heavy (non-hydrogen) atoms. The molecule has 1 unspecified atom stereocenters. The topological polar surface area (TPSA) is 42.4 Å². The minimum atomic E-state index is -2.86. The lowest BCUT2D eigenvalue weighted by atomic mass is 9.90. The van der Waals surface area contributed by atoms with E-state index in [0.29, 0.717) is 12.4 Å². The molecule has 1 atom stereocenters. The van der Waals surface area contributed by atoms with Crippen molar-refractivity contribution in [3.05, 3.63) is 84.6 Å². The fourth-order valence-electron chi connectivity index (χ4n) is 5.10. The minimum Gasteiger partial charge on any atom is -0.395 e. The molecule has 4 rings (SSSR count). The van der Waals surface area contributed by atoms with Gasteiger partial charge in [-0.25, -0.2) is 4.98 Å². The van der Waals surface area contributed by atoms with Gasteiger partial charge in [0.05, 0.1) is 0 Å². The molecule has 1 aliphatic heterocycles. The molecular weight excluding hydrogens is 436 g/mol. The van der Waals surface area contributed by atoms with Gasteiger partial charge in [0.1, 0.15) is 11.9 Å². The fraction of sp³-hybridized carbons (Fsp3) is 0.379. The summed E-state index contributed by atoms with van der Waals surface area (Å²) in [6.45, 7) is 13.7. The van der Waals surface area contributed by atoms with Crippen molar-refractivity contribution in [3.63, 3.8) is 0 Å². The highest BCUT2D eigenvalue weighted by Gasteiger charge is 2.57. The Kier molecular flexibility index (Phi) is 6.54. The van der Waals surface area contributed by atoms with Crippen LogP contribution in [-0.2, 0) is 15.6 Å². The molecule has 178 valence electrons. The van der Waals surface area contributed by atoms with E-state index < -0.39 is 14.4 Å². The van der Waals surface area contributed by atoms with Gasteiger partial charge in [0.2, 0.25) is 0 Å². The second-order valence-electron chi connectivity index (χ2n) is 11.0. The van der Waals surface area contributed by atoms with Gasteiger partial charge in [0, 0.05) is 18.2 Å². The number of hydrogen-bond donors (Lipinski definition) is 0. The van der Waals surface area contributed by atoms with Gasteiger partial charge >= 0.3 is 0 Å². The number of pyridine rings is 1. The Bertz CT molecular complexity index is 1080. The summed E-state index contributed by atoms with van der Waals surface area (Å²) in [7, 11) is -2.86. The standard InChI is InChI=1S/C29H36N2O2Si/c1-7-22-18-19-25(30-20-22)31-21-29(5,6)26(27(31)32)33-34(28(2,3)4,23-14-10-8-11-15-23)24-16-12-9-13-17-24/h8-20,26H,7,21H2,1-6H3. The van der Waals surface area contributed by atoms with E-state index in [4.69, 9.17) is 4.43 Å². The average Bonchev–Trinajstić information content (AvgIpc) is 3.05. The Hall–Kier alpha value is -2.76. The van der Waals surface area contributed by atoms with Crippen LogP contribution in [0.1, 0.15) is 47.1 Å². The van der Waals surface area contributed by atoms with Gasteiger partial charge in [-0.05, 0) is 33.5 Å². The predicted molar refractivity (Wildman–Crippen MR) is 142 cm³/mol. The third-order valence-corrected chi connectivity index (χ3v) is 12.0. The fourth-order valence-corrected chi connectivity index (χ4v) is 9.89. The molecular formula is C29H36N2O2Si. The Morgan fingerprint density at radius 1 is 0.971 bits per heavy atom. The predicted octanol–water partition coefficient (Wildman–Crippen LogP) is 4.96. The van der Waals surface area contributed by atoms with Crippen molar-refractivity contribution < 1.29 is 9.22 Å². The molecule has 1 amide bonds. The first-order valence-electron chi connectivity index (χ1n) is 12.2. The van der Waals surface area contributed by atoms with E-state index >= 15 is 0 Å². The van der Waals surface area contributed by atoms with Gasteiger partial charge in [-0.15, -0.1) is 0 Å². The summed E-state index contributed by atoms with van der Waals surface area (Å²) >= 11 is 0. The van der Waals surface area contributed by atoms with Gasteiger partial charge in [-0.1, -0.05) is 108 Å². The summed E-state index contributed by atoms with van der Waals surface area (Å²) in [5.41, 5.74) is 0.796. The Balaban J connectivity index is 1.81. The van der Waals surface area contributed by atoms with Crippen LogP contribution >= 0.6 is 0 Å². The summed E-state index contributed by atoms with van der Waals surface area (Å²) in [4.78, 5) is 20.3. The Labute approximate surface area is 205 Å². The third kappa shape index (κ3) is 4.23. The summed E-state index contributed by atoms with van der Waals surface area (Å²) in [6, 6.07) is 25.0. The van der Waals surface area contributed by atoms with Crippen molar-refractivity contribution in [1.82, 2.24) is 4.98 Å². The van der Waals surface area contributed by atoms with Crippen LogP contribution in [0.4, 0.5) is 5.82 Å². The third-order valence-electron chi connectivity index (χ3n) is 6.97. The van der Waals surface area contributed by atoms with Crippen molar-refractivity contribution in [3.8, 4) is 0 Å². The number of anilines is 1. The highest BCUT2D eigenvalue weighted by molar-refractivity contribution is 6.99. The molecule has 1 saturated heterocycles. The summed E-state index contributed by atoms with van der Waals surface area (Å²) < 4.78 is 7.28. The quantitative estimate of drug-likeness (QED) is 0.476. The highest BCUT2D eigenvalue weighted by atomic mass is 28.4. The maximum absolute atomic E-state index is 13.9. The number of carbonyl (C=O) groups is 1. The molecule has 1 aliphatic rings. The van der Waals surface area contributed by atoms with E-state index in [2.05, 4.69) is 101 Å². The SMILES string of the molecule is CCc1ccc(N2CC(C)(C)C(O[Si](c3ccccc3)(c3ccccc3)C(C)(C)C)C2=O)nc1. The molecule has 1 fully saturated rings. The van der Waals surface area contributed by atoms with Crippen LogP contribution in [0, 0.1) is 5.41 Å². The zero-order chi connectivity index (χ0) is 24.6. The molecule has 2 heterocycles. The number of rotatable bonds is 6. The largest absolute Gasteiger partial charge is 0.395 e. The van der Waals surface area contributed by atoms with Gasteiger partial charge in [0.25, 0.3) is 14.2 Å².